The fourth-order valence-corrected chi connectivity index (χ4v) is 2.24. The molecule has 4 nitrogen and oxygen atoms in total. The molecule has 0 aliphatic rings. The van der Waals surface area contributed by atoms with E-state index in [2.05, 4.69) is 0 Å². The second-order valence-corrected chi connectivity index (χ2v) is 4.57. The van der Waals surface area contributed by atoms with Crippen molar-refractivity contribution in [1.82, 2.24) is 0 Å². The maximum absolute atomic E-state index is 9.65. The van der Waals surface area contributed by atoms with Crippen LogP contribution in [0.5, 0.6) is 23.0 Å². The number of benzene rings is 3. The van der Waals surface area contributed by atoms with Gasteiger partial charge in [-0.15, -0.1) is 0 Å². The molecule has 0 amide bonds. The van der Waals surface area contributed by atoms with Crippen LogP contribution in [0.4, 0.5) is 0 Å². The summed E-state index contributed by atoms with van der Waals surface area (Å²) >= 11 is 0. The summed E-state index contributed by atoms with van der Waals surface area (Å²) in [5.74, 6) is -0.770. The van der Waals surface area contributed by atoms with Crippen molar-refractivity contribution in [2.24, 2.45) is 0 Å². The average molecular weight is 268 g/mol. The molecule has 0 atom stereocenters. The fraction of sp³-hybridized carbons (Fsp3) is 0. The highest BCUT2D eigenvalue weighted by Crippen LogP contribution is 2.37. The minimum absolute atomic E-state index is 0.178. The van der Waals surface area contributed by atoms with E-state index in [1.165, 1.54) is 24.3 Å². The predicted octanol–water partition coefficient (Wildman–Crippen LogP) is 3.33. The first-order valence-corrected chi connectivity index (χ1v) is 6.03. The van der Waals surface area contributed by atoms with Crippen LogP contribution in [0.15, 0.2) is 48.5 Å². The van der Waals surface area contributed by atoms with Gasteiger partial charge in [-0.2, -0.15) is 0 Å². The van der Waals surface area contributed by atoms with Crippen LogP contribution in [0.2, 0.25) is 0 Å². The summed E-state index contributed by atoms with van der Waals surface area (Å²) in [6, 6.07) is 13.0. The van der Waals surface area contributed by atoms with Gasteiger partial charge in [0.05, 0.1) is 0 Å². The summed E-state index contributed by atoms with van der Waals surface area (Å²) in [6.45, 7) is 0. The Morgan fingerprint density at radius 3 is 2.05 bits per heavy atom. The van der Waals surface area contributed by atoms with Gasteiger partial charge >= 0.3 is 0 Å². The Morgan fingerprint density at radius 1 is 0.600 bits per heavy atom. The molecule has 4 N–H and O–H groups in total. The molecule has 20 heavy (non-hydrogen) atoms. The molecule has 0 unspecified atom stereocenters. The molecule has 0 bridgehead atoms. The Balaban J connectivity index is 2.30. The van der Waals surface area contributed by atoms with Gasteiger partial charge in [0.2, 0.25) is 0 Å². The molecule has 3 aromatic carbocycles. The van der Waals surface area contributed by atoms with Gasteiger partial charge in [-0.1, -0.05) is 24.3 Å². The van der Waals surface area contributed by atoms with Crippen molar-refractivity contribution in [2.45, 2.75) is 0 Å². The van der Waals surface area contributed by atoms with Crippen LogP contribution in [0.25, 0.3) is 21.9 Å². The normalized spacial score (nSPS) is 10.8. The van der Waals surface area contributed by atoms with E-state index in [1.54, 1.807) is 6.07 Å². The largest absolute Gasteiger partial charge is 0.504 e. The molecular weight excluding hydrogens is 256 g/mol. The van der Waals surface area contributed by atoms with E-state index in [-0.39, 0.29) is 23.0 Å². The zero-order valence-electron chi connectivity index (χ0n) is 10.4. The third-order valence-electron chi connectivity index (χ3n) is 3.26. The minimum atomic E-state index is -0.206. The number of hydrogen-bond acceptors (Lipinski definition) is 4. The Labute approximate surface area is 114 Å². The lowest BCUT2D eigenvalue weighted by Crippen LogP contribution is -1.82. The van der Waals surface area contributed by atoms with Crippen molar-refractivity contribution in [3.05, 3.63) is 48.5 Å². The molecular formula is C16H12O4. The molecule has 0 aliphatic heterocycles. The summed E-state index contributed by atoms with van der Waals surface area (Å²) in [6.07, 6.45) is 0. The fourth-order valence-electron chi connectivity index (χ4n) is 2.24. The quantitative estimate of drug-likeness (QED) is 0.510. The standard InChI is InChI=1S/C16H12O4/c17-13-5-4-10(7-14(13)18)11-3-1-2-9-6-15(19)16(20)8-12(9)11/h1-8,17-20H. The molecule has 0 saturated carbocycles. The average Bonchev–Trinajstić information content (AvgIpc) is 2.43. The van der Waals surface area contributed by atoms with Crippen LogP contribution in [0.3, 0.4) is 0 Å². The molecule has 4 heteroatoms. The summed E-state index contributed by atoms with van der Waals surface area (Å²) in [7, 11) is 0. The number of phenols is 4. The van der Waals surface area contributed by atoms with Crippen LogP contribution in [0, 0.1) is 0 Å². The third-order valence-corrected chi connectivity index (χ3v) is 3.26. The molecule has 3 rings (SSSR count). The zero-order chi connectivity index (χ0) is 14.3. The van der Waals surface area contributed by atoms with Gasteiger partial charge in [0.15, 0.2) is 23.0 Å². The smallest absolute Gasteiger partial charge is 0.158 e. The van der Waals surface area contributed by atoms with Crippen LogP contribution in [-0.2, 0) is 0 Å². The van der Waals surface area contributed by atoms with Gasteiger partial charge < -0.3 is 20.4 Å². The number of hydrogen-bond donors (Lipinski definition) is 4. The zero-order valence-corrected chi connectivity index (χ0v) is 10.4. The molecule has 3 aromatic rings. The second kappa shape index (κ2) is 4.35. The van der Waals surface area contributed by atoms with Crippen LogP contribution in [-0.4, -0.2) is 20.4 Å². The lowest BCUT2D eigenvalue weighted by Gasteiger charge is -2.09. The van der Waals surface area contributed by atoms with E-state index in [1.807, 2.05) is 18.2 Å². The topological polar surface area (TPSA) is 80.9 Å². The Bertz CT molecular complexity index is 809. The highest BCUT2D eigenvalue weighted by molar-refractivity contribution is 5.98. The Kier molecular flexibility index (Phi) is 2.64. The SMILES string of the molecule is Oc1ccc(-c2cccc3cc(O)c(O)cc23)cc1O. The summed E-state index contributed by atoms with van der Waals surface area (Å²) in [5.41, 5.74) is 1.49. The molecule has 0 aromatic heterocycles. The molecule has 0 aliphatic carbocycles. The highest BCUT2D eigenvalue weighted by atomic mass is 16.3. The number of rotatable bonds is 1. The number of fused-ring (bicyclic) bond motifs is 1. The second-order valence-electron chi connectivity index (χ2n) is 4.57. The Hall–Kier alpha value is -2.88. The first kappa shape index (κ1) is 12.2. The lowest BCUT2D eigenvalue weighted by atomic mass is 9.97. The predicted molar refractivity (Wildman–Crippen MR) is 76.0 cm³/mol. The maximum Gasteiger partial charge on any atom is 0.158 e. The molecule has 0 saturated heterocycles. The lowest BCUT2D eigenvalue weighted by molar-refractivity contribution is 0.404. The first-order chi connectivity index (χ1) is 9.56. The summed E-state index contributed by atoms with van der Waals surface area (Å²) < 4.78 is 0. The van der Waals surface area contributed by atoms with Crippen LogP contribution in [0.1, 0.15) is 0 Å². The van der Waals surface area contributed by atoms with Crippen molar-refractivity contribution < 1.29 is 20.4 Å². The van der Waals surface area contributed by atoms with Gasteiger partial charge in [-0.05, 0) is 46.2 Å². The Morgan fingerprint density at radius 2 is 1.30 bits per heavy atom. The molecule has 0 radical (unpaired) electrons. The summed E-state index contributed by atoms with van der Waals surface area (Å²) in [4.78, 5) is 0. The van der Waals surface area contributed by atoms with E-state index < -0.39 is 0 Å². The van der Waals surface area contributed by atoms with Crippen molar-refractivity contribution in [3.8, 4) is 34.1 Å². The van der Waals surface area contributed by atoms with Gasteiger partial charge in [0.1, 0.15) is 0 Å². The maximum atomic E-state index is 9.65. The van der Waals surface area contributed by atoms with E-state index >= 15 is 0 Å². The molecule has 100 valence electrons. The number of phenolic OH excluding ortho intramolecular Hbond substituents is 4. The molecule has 0 spiro atoms. The molecule has 0 fully saturated rings. The van der Waals surface area contributed by atoms with Crippen molar-refractivity contribution in [1.29, 1.82) is 0 Å². The van der Waals surface area contributed by atoms with Crippen LogP contribution < -0.4 is 0 Å². The third kappa shape index (κ3) is 1.87. The van der Waals surface area contributed by atoms with Gasteiger partial charge in [-0.25, -0.2) is 0 Å². The minimum Gasteiger partial charge on any atom is -0.504 e. The van der Waals surface area contributed by atoms with E-state index in [0.29, 0.717) is 5.56 Å². The summed E-state index contributed by atoms with van der Waals surface area (Å²) in [5, 5.41) is 39.7. The monoisotopic (exact) mass is 268 g/mol. The highest BCUT2D eigenvalue weighted by Gasteiger charge is 2.09. The van der Waals surface area contributed by atoms with Crippen molar-refractivity contribution in [3.63, 3.8) is 0 Å². The van der Waals surface area contributed by atoms with E-state index in [4.69, 9.17) is 0 Å². The van der Waals surface area contributed by atoms with Gasteiger partial charge in [-0.3, -0.25) is 0 Å². The first-order valence-electron chi connectivity index (χ1n) is 6.03. The van der Waals surface area contributed by atoms with E-state index in [9.17, 15) is 20.4 Å². The van der Waals surface area contributed by atoms with Gasteiger partial charge in [0, 0.05) is 0 Å². The van der Waals surface area contributed by atoms with Gasteiger partial charge in [0.25, 0.3) is 0 Å². The molecule has 0 heterocycles. The van der Waals surface area contributed by atoms with Crippen molar-refractivity contribution in [2.75, 3.05) is 0 Å². The van der Waals surface area contributed by atoms with Crippen LogP contribution >= 0.6 is 0 Å². The number of aromatic hydroxyl groups is 4. The van der Waals surface area contributed by atoms with E-state index in [0.717, 1.165) is 16.3 Å². The van der Waals surface area contributed by atoms with Crippen molar-refractivity contribution >= 4 is 10.8 Å².